The zero-order valence-corrected chi connectivity index (χ0v) is 11.6. The Balaban J connectivity index is 2.81. The Morgan fingerprint density at radius 1 is 1.06 bits per heavy atom. The molecule has 3 heteroatoms. The van der Waals surface area contributed by atoms with Crippen LogP contribution >= 0.6 is 11.6 Å². The number of carbonyl (C=O) groups excluding carboxylic acids is 1. The van der Waals surface area contributed by atoms with E-state index < -0.39 is 0 Å². The maximum Gasteiger partial charge on any atom is 0.216 e. The van der Waals surface area contributed by atoms with Gasteiger partial charge in [0.25, 0.3) is 0 Å². The van der Waals surface area contributed by atoms with Crippen molar-refractivity contribution < 1.29 is 9.28 Å². The Morgan fingerprint density at radius 3 is 1.94 bits per heavy atom. The number of rotatable bonds is 6. The van der Waals surface area contributed by atoms with Crippen LogP contribution in [0.4, 0.5) is 0 Å². The molecule has 0 saturated heterocycles. The molecule has 94 valence electrons. The molecule has 0 aliphatic carbocycles. The molecule has 1 aromatic carbocycles. The number of hydrogen-bond acceptors (Lipinski definition) is 1. The molecule has 0 atom stereocenters. The third-order valence-corrected chi connectivity index (χ3v) is 3.91. The third-order valence-electron chi connectivity index (χ3n) is 3.66. The van der Waals surface area contributed by atoms with Gasteiger partial charge in [-0.1, -0.05) is 11.6 Å². The molecule has 0 fully saturated rings. The zero-order valence-electron chi connectivity index (χ0n) is 10.9. The Hall–Kier alpha value is -0.860. The van der Waals surface area contributed by atoms with Crippen molar-refractivity contribution in [1.29, 1.82) is 0 Å². The van der Waals surface area contributed by atoms with Crippen LogP contribution in [0.1, 0.15) is 31.1 Å². The van der Waals surface area contributed by atoms with Gasteiger partial charge in [0.2, 0.25) is 5.78 Å². The normalized spacial score (nSPS) is 11.5. The summed E-state index contributed by atoms with van der Waals surface area (Å²) in [6.45, 7) is 9.97. The van der Waals surface area contributed by atoms with Crippen LogP contribution < -0.4 is 0 Å². The van der Waals surface area contributed by atoms with E-state index >= 15 is 0 Å². The van der Waals surface area contributed by atoms with Crippen molar-refractivity contribution in [2.24, 2.45) is 0 Å². The number of carbonyl (C=O) groups is 1. The summed E-state index contributed by atoms with van der Waals surface area (Å²) >= 11 is 5.82. The summed E-state index contributed by atoms with van der Waals surface area (Å²) in [7, 11) is 0. The van der Waals surface area contributed by atoms with Gasteiger partial charge in [0, 0.05) is 10.6 Å². The molecule has 0 aromatic heterocycles. The van der Waals surface area contributed by atoms with Gasteiger partial charge in [0.1, 0.15) is 6.54 Å². The molecule has 0 aliphatic rings. The number of likely N-dealkylation sites (N-methyl/N-ethyl adjacent to an activating group) is 1. The molecule has 0 aliphatic heterocycles. The van der Waals surface area contributed by atoms with Crippen LogP contribution in [-0.2, 0) is 0 Å². The molecule has 1 aromatic rings. The number of Topliss-reactive ketones (excluding diaryl/α,β-unsaturated/α-hetero) is 1. The molecule has 2 nitrogen and oxygen atoms in total. The van der Waals surface area contributed by atoms with Gasteiger partial charge >= 0.3 is 0 Å². The molecule has 0 heterocycles. The fourth-order valence-corrected chi connectivity index (χ4v) is 2.16. The van der Waals surface area contributed by atoms with Crippen LogP contribution in [0.5, 0.6) is 0 Å². The highest BCUT2D eigenvalue weighted by molar-refractivity contribution is 6.30. The Morgan fingerprint density at radius 2 is 1.53 bits per heavy atom. The van der Waals surface area contributed by atoms with Crippen LogP contribution in [0.25, 0.3) is 0 Å². The number of halogens is 1. The summed E-state index contributed by atoms with van der Waals surface area (Å²) in [5.74, 6) is 0.201. The van der Waals surface area contributed by atoms with Crippen LogP contribution in [0, 0.1) is 0 Å². The first-order valence-electron chi connectivity index (χ1n) is 6.20. The van der Waals surface area contributed by atoms with Crippen LogP contribution in [0.2, 0.25) is 5.02 Å². The second kappa shape index (κ2) is 6.18. The van der Waals surface area contributed by atoms with Crippen molar-refractivity contribution >= 4 is 17.4 Å². The minimum atomic E-state index is 0.201. The standard InChI is InChI=1S/C14H21ClNO/c1-4-16(5-2,6-3)11-14(17)12-7-9-13(15)10-8-12/h7-10H,4-6,11H2,1-3H3/q+1. The van der Waals surface area contributed by atoms with E-state index in [0.29, 0.717) is 11.6 Å². The van der Waals surface area contributed by atoms with Gasteiger partial charge in [0.15, 0.2) is 0 Å². The monoisotopic (exact) mass is 254 g/mol. The zero-order chi connectivity index (χ0) is 12.9. The molecule has 0 radical (unpaired) electrons. The molecule has 0 spiro atoms. The average Bonchev–Trinajstić information content (AvgIpc) is 2.37. The van der Waals surface area contributed by atoms with Gasteiger partial charge in [-0.15, -0.1) is 0 Å². The van der Waals surface area contributed by atoms with Gasteiger partial charge in [-0.3, -0.25) is 4.79 Å². The van der Waals surface area contributed by atoms with Gasteiger partial charge in [-0.05, 0) is 45.0 Å². The summed E-state index contributed by atoms with van der Waals surface area (Å²) in [5, 5.41) is 0.670. The first-order chi connectivity index (χ1) is 8.06. The van der Waals surface area contributed by atoms with Crippen molar-refractivity contribution in [2.75, 3.05) is 26.2 Å². The minimum Gasteiger partial charge on any atom is -0.318 e. The maximum atomic E-state index is 12.2. The number of quaternary nitrogens is 1. The first-order valence-corrected chi connectivity index (χ1v) is 6.58. The number of nitrogens with zero attached hydrogens (tertiary/aromatic N) is 1. The van der Waals surface area contributed by atoms with Crippen molar-refractivity contribution in [3.05, 3.63) is 34.9 Å². The van der Waals surface area contributed by atoms with Crippen molar-refractivity contribution in [1.82, 2.24) is 0 Å². The van der Waals surface area contributed by atoms with Crippen LogP contribution in [0.15, 0.2) is 24.3 Å². The van der Waals surface area contributed by atoms with E-state index in [1.807, 2.05) is 0 Å². The predicted molar refractivity (Wildman–Crippen MR) is 72.5 cm³/mol. The lowest BCUT2D eigenvalue weighted by molar-refractivity contribution is -0.915. The number of benzene rings is 1. The Kier molecular flexibility index (Phi) is 5.16. The Bertz CT molecular complexity index is 360. The summed E-state index contributed by atoms with van der Waals surface area (Å²) < 4.78 is 0.849. The van der Waals surface area contributed by atoms with E-state index in [-0.39, 0.29) is 5.78 Å². The van der Waals surface area contributed by atoms with Crippen molar-refractivity contribution in [3.8, 4) is 0 Å². The fraction of sp³-hybridized carbons (Fsp3) is 0.500. The highest BCUT2D eigenvalue weighted by Crippen LogP contribution is 2.13. The predicted octanol–water partition coefficient (Wildman–Crippen LogP) is 3.40. The largest absolute Gasteiger partial charge is 0.318 e. The maximum absolute atomic E-state index is 12.2. The second-order valence-electron chi connectivity index (χ2n) is 4.38. The summed E-state index contributed by atoms with van der Waals surface area (Å²) in [5.41, 5.74) is 0.757. The van der Waals surface area contributed by atoms with E-state index in [2.05, 4.69) is 20.8 Å². The summed E-state index contributed by atoms with van der Waals surface area (Å²) in [4.78, 5) is 12.2. The fourth-order valence-electron chi connectivity index (χ4n) is 2.04. The van der Waals surface area contributed by atoms with E-state index in [1.165, 1.54) is 0 Å². The molecule has 0 bridgehead atoms. The van der Waals surface area contributed by atoms with E-state index in [4.69, 9.17) is 11.6 Å². The van der Waals surface area contributed by atoms with Crippen LogP contribution in [-0.4, -0.2) is 36.4 Å². The molecule has 0 unspecified atom stereocenters. The van der Waals surface area contributed by atoms with Crippen LogP contribution in [0.3, 0.4) is 0 Å². The molecular formula is C14H21ClNO+. The van der Waals surface area contributed by atoms with E-state index in [1.54, 1.807) is 24.3 Å². The van der Waals surface area contributed by atoms with E-state index in [9.17, 15) is 4.79 Å². The van der Waals surface area contributed by atoms with Gasteiger partial charge in [0.05, 0.1) is 19.6 Å². The smallest absolute Gasteiger partial charge is 0.216 e. The first kappa shape index (κ1) is 14.2. The lowest BCUT2D eigenvalue weighted by Gasteiger charge is -2.35. The highest BCUT2D eigenvalue weighted by atomic mass is 35.5. The van der Waals surface area contributed by atoms with Gasteiger partial charge in [-0.2, -0.15) is 0 Å². The van der Waals surface area contributed by atoms with Crippen molar-refractivity contribution in [3.63, 3.8) is 0 Å². The second-order valence-corrected chi connectivity index (χ2v) is 4.81. The van der Waals surface area contributed by atoms with Gasteiger partial charge in [-0.25, -0.2) is 0 Å². The molecule has 0 N–H and O–H groups in total. The molecular weight excluding hydrogens is 234 g/mol. The topological polar surface area (TPSA) is 17.1 Å². The summed E-state index contributed by atoms with van der Waals surface area (Å²) in [6.07, 6.45) is 0. The number of hydrogen-bond donors (Lipinski definition) is 0. The van der Waals surface area contributed by atoms with Gasteiger partial charge < -0.3 is 4.48 Å². The minimum absolute atomic E-state index is 0.201. The van der Waals surface area contributed by atoms with E-state index in [0.717, 1.165) is 29.7 Å². The Labute approximate surface area is 109 Å². The molecule has 0 amide bonds. The van der Waals surface area contributed by atoms with Crippen molar-refractivity contribution in [2.45, 2.75) is 20.8 Å². The average molecular weight is 255 g/mol. The quantitative estimate of drug-likeness (QED) is 0.562. The number of ketones is 1. The lowest BCUT2D eigenvalue weighted by atomic mass is 10.1. The summed E-state index contributed by atoms with van der Waals surface area (Å²) in [6, 6.07) is 7.15. The molecule has 17 heavy (non-hydrogen) atoms. The highest BCUT2D eigenvalue weighted by Gasteiger charge is 2.25. The SMILES string of the molecule is CC[N+](CC)(CC)CC(=O)c1ccc(Cl)cc1. The molecule has 0 saturated carbocycles. The third kappa shape index (κ3) is 3.55. The lowest BCUT2D eigenvalue weighted by Crippen LogP contribution is -2.50. The molecule has 1 rings (SSSR count).